The Morgan fingerprint density at radius 3 is 2.71 bits per heavy atom. The van der Waals surface area contributed by atoms with Gasteiger partial charge in [0, 0.05) is 12.0 Å². The van der Waals surface area contributed by atoms with Crippen LogP contribution in [0.4, 0.5) is 0 Å². The molecular formula is C21H22O7. The van der Waals surface area contributed by atoms with E-state index in [4.69, 9.17) is 9.47 Å². The number of ketones is 1. The highest BCUT2D eigenvalue weighted by Crippen LogP contribution is 2.33. The number of fused-ring (bicyclic) bond motifs is 2. The van der Waals surface area contributed by atoms with Crippen molar-refractivity contribution in [3.05, 3.63) is 53.3 Å². The van der Waals surface area contributed by atoms with Crippen LogP contribution in [0.25, 0.3) is 6.08 Å². The largest absolute Gasteiger partial charge is 0.507 e. The molecule has 1 heterocycles. The molecule has 1 aromatic rings. The van der Waals surface area contributed by atoms with Gasteiger partial charge in [-0.05, 0) is 43.0 Å². The summed E-state index contributed by atoms with van der Waals surface area (Å²) < 4.78 is 10.6. The van der Waals surface area contributed by atoms with E-state index in [1.54, 1.807) is 18.2 Å². The first-order chi connectivity index (χ1) is 13.4. The minimum Gasteiger partial charge on any atom is -0.507 e. The number of esters is 1. The number of hydrogen-bond acceptors (Lipinski definition) is 7. The molecule has 0 saturated heterocycles. The van der Waals surface area contributed by atoms with Crippen molar-refractivity contribution in [1.82, 2.24) is 0 Å². The summed E-state index contributed by atoms with van der Waals surface area (Å²) in [6, 6.07) is 2.86. The molecule has 0 unspecified atom stereocenters. The van der Waals surface area contributed by atoms with Gasteiger partial charge in [-0.3, -0.25) is 4.79 Å². The number of carbonyl (C=O) groups excluding carboxylic acids is 2. The van der Waals surface area contributed by atoms with Gasteiger partial charge in [-0.15, -0.1) is 0 Å². The maximum Gasteiger partial charge on any atom is 0.347 e. The third-order valence-corrected chi connectivity index (χ3v) is 4.78. The second-order valence-electron chi connectivity index (χ2n) is 6.70. The van der Waals surface area contributed by atoms with Gasteiger partial charge in [0.15, 0.2) is 5.78 Å². The lowest BCUT2D eigenvalue weighted by Crippen LogP contribution is -2.32. The summed E-state index contributed by atoms with van der Waals surface area (Å²) in [5, 5.41) is 30.4. The fourth-order valence-electron chi connectivity index (χ4n) is 3.22. The van der Waals surface area contributed by atoms with Crippen molar-refractivity contribution in [1.29, 1.82) is 0 Å². The number of rotatable bonds is 1. The maximum atomic E-state index is 12.7. The van der Waals surface area contributed by atoms with Crippen LogP contribution >= 0.6 is 0 Å². The lowest BCUT2D eigenvalue weighted by Gasteiger charge is -2.16. The van der Waals surface area contributed by atoms with Crippen LogP contribution in [0.15, 0.2) is 42.2 Å². The van der Waals surface area contributed by atoms with Gasteiger partial charge < -0.3 is 24.8 Å². The smallest absolute Gasteiger partial charge is 0.347 e. The SMILES string of the molecule is COc1cc(O)c2c(c1)/C=C/C[C@H](O)[C@H](O)C(=O)/C=C\[C@@H]1CCC=C1OC2=O. The minimum absolute atomic E-state index is 0.0260. The first-order valence-corrected chi connectivity index (χ1v) is 8.98. The van der Waals surface area contributed by atoms with Crippen LogP contribution in [0.5, 0.6) is 11.5 Å². The first kappa shape index (κ1) is 19.9. The van der Waals surface area contributed by atoms with Gasteiger partial charge >= 0.3 is 5.97 Å². The van der Waals surface area contributed by atoms with Crippen LogP contribution in [0.1, 0.15) is 35.2 Å². The van der Waals surface area contributed by atoms with Crippen LogP contribution in [0.3, 0.4) is 0 Å². The lowest BCUT2D eigenvalue weighted by atomic mass is 10.0. The molecular weight excluding hydrogens is 364 g/mol. The normalized spacial score (nSPS) is 27.7. The molecule has 1 aliphatic heterocycles. The molecule has 3 N–H and O–H groups in total. The van der Waals surface area contributed by atoms with E-state index in [-0.39, 0.29) is 23.7 Å². The number of hydrogen-bond donors (Lipinski definition) is 3. The van der Waals surface area contributed by atoms with Crippen molar-refractivity contribution in [3.63, 3.8) is 0 Å². The molecule has 3 atom stereocenters. The number of benzene rings is 1. The zero-order chi connectivity index (χ0) is 20.3. The van der Waals surface area contributed by atoms with E-state index < -0.39 is 24.0 Å². The Labute approximate surface area is 162 Å². The van der Waals surface area contributed by atoms with Gasteiger partial charge in [-0.2, -0.15) is 0 Å². The Morgan fingerprint density at radius 1 is 1.18 bits per heavy atom. The first-order valence-electron chi connectivity index (χ1n) is 8.98. The number of aliphatic hydroxyl groups excluding tert-OH is 2. The van der Waals surface area contributed by atoms with Crippen molar-refractivity contribution in [2.24, 2.45) is 5.92 Å². The summed E-state index contributed by atoms with van der Waals surface area (Å²) in [6.07, 6.45) is 5.94. The van der Waals surface area contributed by atoms with E-state index in [0.29, 0.717) is 29.9 Å². The highest BCUT2D eigenvalue weighted by atomic mass is 16.5. The van der Waals surface area contributed by atoms with Crippen LogP contribution in [-0.4, -0.2) is 46.4 Å². The Balaban J connectivity index is 2.05. The second-order valence-corrected chi connectivity index (χ2v) is 6.70. The standard InChI is InChI=1S/C21H22O7/c1-27-14-10-13-5-2-6-15(22)20(25)16(23)9-8-12-4-3-7-18(12)28-21(26)19(13)17(24)11-14/h2,5,7-12,15,20,22,24-25H,3-4,6H2,1H3/b5-2+,9-8-/t12-,15-,20-/m0/s1. The minimum atomic E-state index is -1.56. The van der Waals surface area contributed by atoms with Crippen molar-refractivity contribution in [3.8, 4) is 11.5 Å². The van der Waals surface area contributed by atoms with Gasteiger partial charge in [-0.1, -0.05) is 18.2 Å². The monoisotopic (exact) mass is 386 g/mol. The van der Waals surface area contributed by atoms with E-state index in [2.05, 4.69) is 0 Å². The average Bonchev–Trinajstić information content (AvgIpc) is 3.10. The van der Waals surface area contributed by atoms with Gasteiger partial charge in [0.1, 0.15) is 28.9 Å². The summed E-state index contributed by atoms with van der Waals surface area (Å²) >= 11 is 0. The maximum absolute atomic E-state index is 12.7. The van der Waals surface area contributed by atoms with Gasteiger partial charge in [-0.25, -0.2) is 4.79 Å². The summed E-state index contributed by atoms with van der Waals surface area (Å²) in [5.74, 6) is -1.22. The predicted molar refractivity (Wildman–Crippen MR) is 101 cm³/mol. The Kier molecular flexibility index (Phi) is 5.96. The number of methoxy groups -OCH3 is 1. The Bertz CT molecular complexity index is 866. The quantitative estimate of drug-likeness (QED) is 0.634. The van der Waals surface area contributed by atoms with E-state index in [1.807, 2.05) is 0 Å². The number of phenolic OH excluding ortho intramolecular Hbond substituents is 1. The molecule has 0 bridgehead atoms. The van der Waals surface area contributed by atoms with E-state index >= 15 is 0 Å². The molecule has 1 aromatic carbocycles. The van der Waals surface area contributed by atoms with Crippen LogP contribution in [-0.2, 0) is 9.53 Å². The molecule has 0 fully saturated rings. The molecule has 28 heavy (non-hydrogen) atoms. The lowest BCUT2D eigenvalue weighted by molar-refractivity contribution is -0.127. The van der Waals surface area contributed by atoms with E-state index in [9.17, 15) is 24.9 Å². The molecule has 0 amide bonds. The third kappa shape index (κ3) is 4.16. The zero-order valence-corrected chi connectivity index (χ0v) is 15.4. The molecule has 1 aliphatic carbocycles. The molecule has 0 saturated carbocycles. The number of aliphatic hydroxyl groups is 2. The highest BCUT2D eigenvalue weighted by Gasteiger charge is 2.27. The molecule has 7 nitrogen and oxygen atoms in total. The summed E-state index contributed by atoms with van der Waals surface area (Å²) in [7, 11) is 1.43. The summed E-state index contributed by atoms with van der Waals surface area (Å²) in [6.45, 7) is 0. The van der Waals surface area contributed by atoms with Crippen molar-refractivity contribution in [2.45, 2.75) is 31.5 Å². The summed E-state index contributed by atoms with van der Waals surface area (Å²) in [5.41, 5.74) is 0.299. The molecule has 0 radical (unpaired) electrons. The fourth-order valence-corrected chi connectivity index (χ4v) is 3.22. The topological polar surface area (TPSA) is 113 Å². The van der Waals surface area contributed by atoms with Crippen molar-refractivity contribution < 1.29 is 34.4 Å². The Morgan fingerprint density at radius 2 is 1.96 bits per heavy atom. The van der Waals surface area contributed by atoms with E-state index in [1.165, 1.54) is 31.4 Å². The van der Waals surface area contributed by atoms with Crippen molar-refractivity contribution in [2.75, 3.05) is 7.11 Å². The number of ether oxygens (including phenoxy) is 2. The predicted octanol–water partition coefficient (Wildman–Crippen LogP) is 2.12. The zero-order valence-electron chi connectivity index (χ0n) is 15.4. The molecule has 2 aliphatic rings. The van der Waals surface area contributed by atoms with Crippen LogP contribution in [0, 0.1) is 5.92 Å². The molecule has 0 aromatic heterocycles. The molecule has 7 heteroatoms. The molecule has 3 rings (SSSR count). The fraction of sp³-hybridized carbons (Fsp3) is 0.333. The van der Waals surface area contributed by atoms with Crippen LogP contribution < -0.4 is 4.74 Å². The van der Waals surface area contributed by atoms with Crippen molar-refractivity contribution >= 4 is 17.8 Å². The molecule has 148 valence electrons. The number of aromatic hydroxyl groups is 1. The summed E-state index contributed by atoms with van der Waals surface area (Å²) in [4.78, 5) is 24.8. The van der Waals surface area contributed by atoms with Gasteiger partial charge in [0.2, 0.25) is 0 Å². The average molecular weight is 386 g/mol. The molecule has 0 spiro atoms. The van der Waals surface area contributed by atoms with Gasteiger partial charge in [0.25, 0.3) is 0 Å². The number of allylic oxidation sites excluding steroid dienone is 2. The highest BCUT2D eigenvalue weighted by molar-refractivity contribution is 5.97. The van der Waals surface area contributed by atoms with Crippen LogP contribution in [0.2, 0.25) is 0 Å². The Hall–Kier alpha value is -2.90. The third-order valence-electron chi connectivity index (χ3n) is 4.78. The van der Waals surface area contributed by atoms with E-state index in [0.717, 1.165) is 0 Å². The number of phenols is 1. The van der Waals surface area contributed by atoms with Gasteiger partial charge in [0.05, 0.1) is 13.2 Å². The number of carbonyl (C=O) groups is 2. The second kappa shape index (κ2) is 8.41.